The van der Waals surface area contributed by atoms with Gasteiger partial charge in [0.25, 0.3) is 0 Å². The first-order chi connectivity index (χ1) is 14.3. The summed E-state index contributed by atoms with van der Waals surface area (Å²) in [5.74, 6) is -3.05. The fraction of sp³-hybridized carbons (Fsp3) is 0.538. The lowest BCUT2D eigenvalue weighted by atomic mass is 9.76. The molecule has 1 saturated carbocycles. The molecule has 0 heterocycles. The molecule has 0 radical (unpaired) electrons. The highest BCUT2D eigenvalue weighted by molar-refractivity contribution is 5.33. The Morgan fingerprint density at radius 1 is 1.03 bits per heavy atom. The van der Waals surface area contributed by atoms with Crippen LogP contribution in [0.2, 0.25) is 0 Å². The number of aryl methyl sites for hydroxylation is 2. The van der Waals surface area contributed by atoms with Gasteiger partial charge in [-0.05, 0) is 73.5 Å². The summed E-state index contributed by atoms with van der Waals surface area (Å²) in [5, 5.41) is 0. The SMILES string of the molecule is C=C/C=C(\C(F)=C(\F)C(C)C)C1CCC(CCc2ccc(CCC)c(F)c2F)CC1. The van der Waals surface area contributed by atoms with E-state index in [-0.39, 0.29) is 5.92 Å². The molecule has 0 unspecified atom stereocenters. The first-order valence-electron chi connectivity index (χ1n) is 11.1. The summed E-state index contributed by atoms with van der Waals surface area (Å²) in [4.78, 5) is 0. The Hall–Kier alpha value is -1.84. The van der Waals surface area contributed by atoms with E-state index in [1.807, 2.05) is 6.92 Å². The molecule has 0 saturated heterocycles. The van der Waals surface area contributed by atoms with Crippen LogP contribution >= 0.6 is 0 Å². The van der Waals surface area contributed by atoms with Gasteiger partial charge in [0.1, 0.15) is 5.83 Å². The van der Waals surface area contributed by atoms with Crippen LogP contribution in [0.5, 0.6) is 0 Å². The average molecular weight is 423 g/mol. The molecule has 0 N–H and O–H groups in total. The fourth-order valence-corrected chi connectivity index (χ4v) is 4.31. The number of hydrogen-bond acceptors (Lipinski definition) is 0. The summed E-state index contributed by atoms with van der Waals surface area (Å²) < 4.78 is 57.3. The molecular formula is C26H34F4. The Bertz CT molecular complexity index is 780. The van der Waals surface area contributed by atoms with Crippen LogP contribution in [0.1, 0.15) is 70.4 Å². The number of allylic oxidation sites excluding steroid dienone is 5. The molecular weight excluding hydrogens is 388 g/mol. The van der Waals surface area contributed by atoms with Crippen molar-refractivity contribution in [3.63, 3.8) is 0 Å². The van der Waals surface area contributed by atoms with Gasteiger partial charge in [0.05, 0.1) is 0 Å². The van der Waals surface area contributed by atoms with Crippen LogP contribution in [0.25, 0.3) is 0 Å². The summed E-state index contributed by atoms with van der Waals surface area (Å²) in [6.45, 7) is 8.85. The van der Waals surface area contributed by atoms with Crippen molar-refractivity contribution in [2.75, 3.05) is 0 Å². The van der Waals surface area contributed by atoms with E-state index >= 15 is 0 Å². The Morgan fingerprint density at radius 2 is 1.60 bits per heavy atom. The molecule has 0 nitrogen and oxygen atoms in total. The second-order valence-electron chi connectivity index (χ2n) is 8.69. The Morgan fingerprint density at radius 3 is 2.10 bits per heavy atom. The third kappa shape index (κ3) is 6.09. The molecule has 1 aromatic carbocycles. The first kappa shape index (κ1) is 24.4. The van der Waals surface area contributed by atoms with Crippen molar-refractivity contribution in [3.05, 3.63) is 70.9 Å². The van der Waals surface area contributed by atoms with Gasteiger partial charge >= 0.3 is 0 Å². The molecule has 2 rings (SSSR count). The van der Waals surface area contributed by atoms with Gasteiger partial charge in [-0.3, -0.25) is 0 Å². The molecule has 0 bridgehead atoms. The molecule has 0 amide bonds. The summed E-state index contributed by atoms with van der Waals surface area (Å²) in [7, 11) is 0. The Balaban J connectivity index is 1.98. The molecule has 0 aliphatic heterocycles. The molecule has 1 aliphatic carbocycles. The smallest absolute Gasteiger partial charge is 0.162 e. The van der Waals surface area contributed by atoms with E-state index in [4.69, 9.17) is 0 Å². The lowest BCUT2D eigenvalue weighted by molar-refractivity contribution is 0.283. The number of rotatable bonds is 9. The predicted molar refractivity (Wildman–Crippen MR) is 116 cm³/mol. The zero-order valence-corrected chi connectivity index (χ0v) is 18.4. The fourth-order valence-electron chi connectivity index (χ4n) is 4.31. The molecule has 1 aromatic rings. The Kier molecular flexibility index (Phi) is 9.38. The van der Waals surface area contributed by atoms with Gasteiger partial charge in [0.2, 0.25) is 0 Å². The van der Waals surface area contributed by atoms with Gasteiger partial charge in [-0.15, -0.1) is 0 Å². The third-order valence-electron chi connectivity index (χ3n) is 6.14. The van der Waals surface area contributed by atoms with E-state index in [0.717, 1.165) is 38.5 Å². The highest BCUT2D eigenvalue weighted by Gasteiger charge is 2.27. The highest BCUT2D eigenvalue weighted by atomic mass is 19.2. The van der Waals surface area contributed by atoms with Crippen LogP contribution in [-0.4, -0.2) is 0 Å². The maximum atomic E-state index is 14.6. The molecule has 0 aromatic heterocycles. The van der Waals surface area contributed by atoms with Crippen LogP contribution in [0.15, 0.2) is 48.1 Å². The maximum Gasteiger partial charge on any atom is 0.162 e. The van der Waals surface area contributed by atoms with Gasteiger partial charge in [-0.2, -0.15) is 0 Å². The second kappa shape index (κ2) is 11.5. The Labute approximate surface area is 178 Å². The molecule has 30 heavy (non-hydrogen) atoms. The normalized spacial score (nSPS) is 21.0. The van der Waals surface area contributed by atoms with Crippen molar-refractivity contribution in [3.8, 4) is 0 Å². The van der Waals surface area contributed by atoms with Crippen molar-refractivity contribution in [2.45, 2.75) is 72.1 Å². The molecule has 0 atom stereocenters. The van der Waals surface area contributed by atoms with Crippen molar-refractivity contribution in [1.29, 1.82) is 0 Å². The maximum absolute atomic E-state index is 14.6. The molecule has 166 valence electrons. The van der Waals surface area contributed by atoms with Crippen molar-refractivity contribution in [1.82, 2.24) is 0 Å². The van der Waals surface area contributed by atoms with E-state index < -0.39 is 29.2 Å². The predicted octanol–water partition coefficient (Wildman–Crippen LogP) is 8.58. The second-order valence-corrected chi connectivity index (χ2v) is 8.69. The largest absolute Gasteiger partial charge is 0.208 e. The minimum absolute atomic E-state index is 0.0359. The quantitative estimate of drug-likeness (QED) is 0.276. The van der Waals surface area contributed by atoms with E-state index in [0.29, 0.717) is 35.5 Å². The van der Waals surface area contributed by atoms with Gasteiger partial charge in [-0.1, -0.05) is 58.1 Å². The van der Waals surface area contributed by atoms with E-state index in [9.17, 15) is 17.6 Å². The minimum Gasteiger partial charge on any atom is -0.208 e. The van der Waals surface area contributed by atoms with E-state index in [1.165, 1.54) is 6.08 Å². The summed E-state index contributed by atoms with van der Waals surface area (Å²) in [5.41, 5.74) is 1.26. The van der Waals surface area contributed by atoms with Crippen LogP contribution in [0, 0.1) is 29.4 Å². The van der Waals surface area contributed by atoms with Gasteiger partial charge in [0, 0.05) is 5.92 Å². The number of hydrogen-bond donors (Lipinski definition) is 0. The standard InChI is InChI=1S/C26H34F4/c1-5-7-20-15-16-21(25(29)24(20)28)14-11-18-9-12-19(13-10-18)22(8-6-2)26(30)23(27)17(3)4/h6,8,15-19H,2,5,7,9-14H2,1,3-4H3/b22-8-,26-23-. The van der Waals surface area contributed by atoms with Gasteiger partial charge < -0.3 is 0 Å². The zero-order chi connectivity index (χ0) is 22.3. The van der Waals surface area contributed by atoms with Gasteiger partial charge in [-0.25, -0.2) is 17.6 Å². The molecule has 0 spiro atoms. The zero-order valence-electron chi connectivity index (χ0n) is 18.4. The summed E-state index contributed by atoms with van der Waals surface area (Å²) >= 11 is 0. The molecule has 4 heteroatoms. The molecule has 1 aliphatic rings. The first-order valence-corrected chi connectivity index (χ1v) is 11.1. The van der Waals surface area contributed by atoms with E-state index in [2.05, 4.69) is 6.58 Å². The van der Waals surface area contributed by atoms with Crippen molar-refractivity contribution >= 4 is 0 Å². The van der Waals surface area contributed by atoms with Crippen LogP contribution in [0.3, 0.4) is 0 Å². The van der Waals surface area contributed by atoms with Crippen molar-refractivity contribution in [2.24, 2.45) is 17.8 Å². The lowest BCUT2D eigenvalue weighted by Crippen LogP contribution is -2.18. The highest BCUT2D eigenvalue weighted by Crippen LogP contribution is 2.40. The van der Waals surface area contributed by atoms with Gasteiger partial charge in [0.15, 0.2) is 17.5 Å². The van der Waals surface area contributed by atoms with Crippen molar-refractivity contribution < 1.29 is 17.6 Å². The number of benzene rings is 1. The van der Waals surface area contributed by atoms with Crippen LogP contribution in [0.4, 0.5) is 17.6 Å². The van der Waals surface area contributed by atoms with Crippen LogP contribution < -0.4 is 0 Å². The monoisotopic (exact) mass is 422 g/mol. The summed E-state index contributed by atoms with van der Waals surface area (Å²) in [6, 6.07) is 3.40. The van der Waals surface area contributed by atoms with E-state index in [1.54, 1.807) is 32.1 Å². The summed E-state index contributed by atoms with van der Waals surface area (Å²) in [6.07, 6.45) is 8.93. The number of halogens is 4. The van der Waals surface area contributed by atoms with Crippen LogP contribution in [-0.2, 0) is 12.8 Å². The molecule has 1 fully saturated rings. The minimum atomic E-state index is -0.752. The average Bonchev–Trinajstić information content (AvgIpc) is 2.74. The third-order valence-corrected chi connectivity index (χ3v) is 6.14. The lowest BCUT2D eigenvalue weighted by Gasteiger charge is -2.30. The topological polar surface area (TPSA) is 0 Å².